The molecule has 1 fully saturated rings. The molecule has 28 heavy (non-hydrogen) atoms. The molecule has 1 heterocycles. The number of amides is 2. The molecule has 146 valence electrons. The molecule has 1 N–H and O–H groups in total. The number of carboxylic acids is 1. The third-order valence-corrected chi connectivity index (χ3v) is 4.82. The van der Waals surface area contributed by atoms with Gasteiger partial charge in [-0.15, -0.1) is 0 Å². The van der Waals surface area contributed by atoms with Crippen molar-refractivity contribution in [2.75, 3.05) is 33.3 Å². The molecule has 0 bridgehead atoms. The molecule has 1 aliphatic rings. The molecule has 0 spiro atoms. The number of carbonyl (C=O) groups is 3. The van der Waals surface area contributed by atoms with Crippen LogP contribution in [0.4, 0.5) is 0 Å². The van der Waals surface area contributed by atoms with E-state index in [4.69, 9.17) is 4.74 Å². The van der Waals surface area contributed by atoms with Crippen molar-refractivity contribution in [2.24, 2.45) is 0 Å². The highest BCUT2D eigenvalue weighted by molar-refractivity contribution is 6.04. The van der Waals surface area contributed by atoms with Crippen molar-refractivity contribution in [2.45, 2.75) is 6.42 Å². The van der Waals surface area contributed by atoms with Gasteiger partial charge in [-0.05, 0) is 29.8 Å². The fourth-order valence-corrected chi connectivity index (χ4v) is 3.22. The van der Waals surface area contributed by atoms with Crippen LogP contribution in [0.25, 0.3) is 0 Å². The van der Waals surface area contributed by atoms with Crippen molar-refractivity contribution in [3.63, 3.8) is 0 Å². The summed E-state index contributed by atoms with van der Waals surface area (Å²) in [6, 6.07) is 13.5. The maximum Gasteiger partial charge on any atom is 0.336 e. The highest BCUT2D eigenvalue weighted by Crippen LogP contribution is 2.16. The molecule has 3 rings (SSSR count). The van der Waals surface area contributed by atoms with E-state index in [1.165, 1.54) is 12.1 Å². The summed E-state index contributed by atoms with van der Waals surface area (Å²) in [7, 11) is 1.59. The average Bonchev–Trinajstić information content (AvgIpc) is 2.73. The van der Waals surface area contributed by atoms with Gasteiger partial charge in [0, 0.05) is 26.2 Å². The first kappa shape index (κ1) is 19.4. The Kier molecular flexibility index (Phi) is 5.93. The molecule has 1 aliphatic heterocycles. The molecule has 7 heteroatoms. The van der Waals surface area contributed by atoms with Gasteiger partial charge in [-0.3, -0.25) is 9.59 Å². The monoisotopic (exact) mass is 382 g/mol. The normalized spacial score (nSPS) is 13.9. The van der Waals surface area contributed by atoms with Gasteiger partial charge >= 0.3 is 5.97 Å². The van der Waals surface area contributed by atoms with Gasteiger partial charge in [0.25, 0.3) is 5.91 Å². The maximum absolute atomic E-state index is 12.7. The van der Waals surface area contributed by atoms with E-state index in [1.807, 2.05) is 24.3 Å². The highest BCUT2D eigenvalue weighted by Gasteiger charge is 2.27. The number of rotatable bonds is 5. The predicted octanol–water partition coefficient (Wildman–Crippen LogP) is 1.92. The van der Waals surface area contributed by atoms with Crippen molar-refractivity contribution >= 4 is 17.8 Å². The Hall–Kier alpha value is -3.35. The van der Waals surface area contributed by atoms with Crippen molar-refractivity contribution in [3.05, 3.63) is 65.2 Å². The lowest BCUT2D eigenvalue weighted by Gasteiger charge is -2.35. The fourth-order valence-electron chi connectivity index (χ4n) is 3.22. The number of carboxylic acid groups (broad SMARTS) is 1. The van der Waals surface area contributed by atoms with Crippen LogP contribution in [0.15, 0.2) is 48.5 Å². The van der Waals surface area contributed by atoms with Crippen molar-refractivity contribution in [1.29, 1.82) is 0 Å². The van der Waals surface area contributed by atoms with Gasteiger partial charge < -0.3 is 19.6 Å². The molecular weight excluding hydrogens is 360 g/mol. The lowest BCUT2D eigenvalue weighted by atomic mass is 10.1. The summed E-state index contributed by atoms with van der Waals surface area (Å²) >= 11 is 0. The first-order valence-electron chi connectivity index (χ1n) is 9.02. The van der Waals surface area contributed by atoms with Gasteiger partial charge in [-0.2, -0.15) is 0 Å². The Labute approximate surface area is 163 Å². The van der Waals surface area contributed by atoms with E-state index >= 15 is 0 Å². The number of methoxy groups -OCH3 is 1. The Morgan fingerprint density at radius 3 is 2.04 bits per heavy atom. The van der Waals surface area contributed by atoms with Crippen molar-refractivity contribution in [3.8, 4) is 5.75 Å². The molecule has 0 aliphatic carbocycles. The molecule has 2 aromatic carbocycles. The number of hydrogen-bond acceptors (Lipinski definition) is 4. The molecule has 7 nitrogen and oxygen atoms in total. The Bertz CT molecular complexity index is 871. The Morgan fingerprint density at radius 2 is 1.46 bits per heavy atom. The van der Waals surface area contributed by atoms with E-state index in [0.29, 0.717) is 32.6 Å². The van der Waals surface area contributed by atoms with Crippen molar-refractivity contribution in [1.82, 2.24) is 9.80 Å². The lowest BCUT2D eigenvalue weighted by molar-refractivity contribution is -0.131. The summed E-state index contributed by atoms with van der Waals surface area (Å²) in [5.74, 6) is -0.703. The van der Waals surface area contributed by atoms with E-state index in [2.05, 4.69) is 0 Å². The second-order valence-electron chi connectivity index (χ2n) is 6.55. The van der Waals surface area contributed by atoms with E-state index in [-0.39, 0.29) is 22.9 Å². The van der Waals surface area contributed by atoms with Crippen LogP contribution in [-0.4, -0.2) is 66.0 Å². The second-order valence-corrected chi connectivity index (χ2v) is 6.55. The van der Waals surface area contributed by atoms with Crippen LogP contribution in [0.5, 0.6) is 5.75 Å². The van der Waals surface area contributed by atoms with Gasteiger partial charge in [-0.1, -0.05) is 24.3 Å². The first-order chi connectivity index (χ1) is 13.5. The van der Waals surface area contributed by atoms with Crippen LogP contribution in [0, 0.1) is 0 Å². The number of ether oxygens (including phenoxy) is 1. The molecule has 2 amide bonds. The lowest BCUT2D eigenvalue weighted by Crippen LogP contribution is -2.51. The SMILES string of the molecule is COc1ccc(CC(=O)N2CCN(C(=O)c3ccccc3C(=O)O)CC2)cc1. The van der Waals surface area contributed by atoms with Crippen LogP contribution < -0.4 is 4.74 Å². The smallest absolute Gasteiger partial charge is 0.336 e. The van der Waals surface area contributed by atoms with E-state index in [1.54, 1.807) is 29.0 Å². The van der Waals surface area contributed by atoms with E-state index in [0.717, 1.165) is 11.3 Å². The first-order valence-corrected chi connectivity index (χ1v) is 9.02. The summed E-state index contributed by atoms with van der Waals surface area (Å²) in [4.78, 5) is 39.9. The number of hydrogen-bond donors (Lipinski definition) is 1. The molecule has 0 unspecified atom stereocenters. The number of benzene rings is 2. The largest absolute Gasteiger partial charge is 0.497 e. The molecule has 0 aromatic heterocycles. The van der Waals surface area contributed by atoms with Gasteiger partial charge in [0.15, 0.2) is 0 Å². The quantitative estimate of drug-likeness (QED) is 0.854. The summed E-state index contributed by atoms with van der Waals surface area (Å²) in [6.45, 7) is 1.61. The predicted molar refractivity (Wildman–Crippen MR) is 103 cm³/mol. The van der Waals surface area contributed by atoms with Crippen LogP contribution in [-0.2, 0) is 11.2 Å². The molecular formula is C21H22N2O5. The summed E-state index contributed by atoms with van der Waals surface area (Å²) in [5, 5.41) is 9.27. The zero-order chi connectivity index (χ0) is 20.1. The summed E-state index contributed by atoms with van der Waals surface area (Å²) in [6.07, 6.45) is 0.291. The Morgan fingerprint density at radius 1 is 0.893 bits per heavy atom. The summed E-state index contributed by atoms with van der Waals surface area (Å²) < 4.78 is 5.11. The number of carbonyl (C=O) groups excluding carboxylic acids is 2. The third-order valence-electron chi connectivity index (χ3n) is 4.82. The van der Waals surface area contributed by atoms with Gasteiger partial charge in [0.05, 0.1) is 24.7 Å². The van der Waals surface area contributed by atoms with Crippen LogP contribution in [0.2, 0.25) is 0 Å². The standard InChI is InChI=1S/C21H22N2O5/c1-28-16-8-6-15(7-9-16)14-19(24)22-10-12-23(13-11-22)20(25)17-4-2-3-5-18(17)21(26)27/h2-9H,10-14H2,1H3,(H,26,27). The summed E-state index contributed by atoms with van der Waals surface area (Å²) in [5.41, 5.74) is 1.07. The fraction of sp³-hybridized carbons (Fsp3) is 0.286. The molecule has 0 atom stereocenters. The van der Waals surface area contributed by atoms with Crippen LogP contribution >= 0.6 is 0 Å². The molecule has 0 radical (unpaired) electrons. The van der Waals surface area contributed by atoms with E-state index in [9.17, 15) is 19.5 Å². The second kappa shape index (κ2) is 8.56. The maximum atomic E-state index is 12.7. The molecule has 2 aromatic rings. The molecule has 0 saturated carbocycles. The van der Waals surface area contributed by atoms with Gasteiger partial charge in [0.1, 0.15) is 5.75 Å². The third kappa shape index (κ3) is 4.31. The highest BCUT2D eigenvalue weighted by atomic mass is 16.5. The van der Waals surface area contributed by atoms with E-state index < -0.39 is 5.97 Å². The zero-order valence-electron chi connectivity index (χ0n) is 15.6. The molecule has 1 saturated heterocycles. The van der Waals surface area contributed by atoms with Crippen LogP contribution in [0.3, 0.4) is 0 Å². The topological polar surface area (TPSA) is 87.2 Å². The number of nitrogens with zero attached hydrogens (tertiary/aromatic N) is 2. The minimum atomic E-state index is -1.13. The number of aromatic carboxylic acids is 1. The minimum Gasteiger partial charge on any atom is -0.497 e. The minimum absolute atomic E-state index is 0.00296. The van der Waals surface area contributed by atoms with Crippen molar-refractivity contribution < 1.29 is 24.2 Å². The Balaban J connectivity index is 1.58. The van der Waals surface area contributed by atoms with Gasteiger partial charge in [-0.25, -0.2) is 4.79 Å². The number of piperazine rings is 1. The zero-order valence-corrected chi connectivity index (χ0v) is 15.6. The average molecular weight is 382 g/mol. The van der Waals surface area contributed by atoms with Crippen LogP contribution in [0.1, 0.15) is 26.3 Å². The van der Waals surface area contributed by atoms with Gasteiger partial charge in [0.2, 0.25) is 5.91 Å².